The lowest BCUT2D eigenvalue weighted by Gasteiger charge is -2.05. The van der Waals surface area contributed by atoms with Crippen molar-refractivity contribution in [2.75, 3.05) is 11.9 Å². The number of carbonyl (C=O) groups is 2. The summed E-state index contributed by atoms with van der Waals surface area (Å²) in [7, 11) is 0. The molecule has 28 heavy (non-hydrogen) atoms. The summed E-state index contributed by atoms with van der Waals surface area (Å²) in [6.07, 6.45) is 0.0108. The highest BCUT2D eigenvalue weighted by atomic mass is 32.1. The van der Waals surface area contributed by atoms with Crippen LogP contribution in [0.1, 0.15) is 36.8 Å². The number of anilines is 1. The molecule has 7 nitrogen and oxygen atoms in total. The Morgan fingerprint density at radius 2 is 2.00 bits per heavy atom. The van der Waals surface area contributed by atoms with Gasteiger partial charge >= 0.3 is 5.97 Å². The summed E-state index contributed by atoms with van der Waals surface area (Å²) in [5.74, 6) is 0.335. The number of aryl methyl sites for hydroxylation is 1. The highest BCUT2D eigenvalue weighted by Gasteiger charge is 2.13. The van der Waals surface area contributed by atoms with Gasteiger partial charge in [-0.3, -0.25) is 9.59 Å². The lowest BCUT2D eigenvalue weighted by atomic mass is 10.0. The molecule has 1 aromatic carbocycles. The van der Waals surface area contributed by atoms with Crippen molar-refractivity contribution in [3.8, 4) is 10.6 Å². The van der Waals surface area contributed by atoms with Crippen LogP contribution in [0.25, 0.3) is 10.6 Å². The number of benzene rings is 1. The van der Waals surface area contributed by atoms with Crippen molar-refractivity contribution in [2.45, 2.75) is 33.1 Å². The number of nitrogens with zero attached hydrogens (tertiary/aromatic N) is 2. The molecule has 0 saturated heterocycles. The Morgan fingerprint density at radius 1 is 1.25 bits per heavy atom. The predicted octanol–water partition coefficient (Wildman–Crippen LogP) is 3.95. The molecule has 0 radical (unpaired) electrons. The molecule has 3 rings (SSSR count). The van der Waals surface area contributed by atoms with Crippen LogP contribution in [0.2, 0.25) is 0 Å². The Bertz CT molecular complexity index is 960. The van der Waals surface area contributed by atoms with Gasteiger partial charge < -0.3 is 14.6 Å². The van der Waals surface area contributed by atoms with Gasteiger partial charge in [-0.15, -0.1) is 11.3 Å². The molecule has 146 valence electrons. The number of hydrogen-bond acceptors (Lipinski definition) is 7. The Kier molecular flexibility index (Phi) is 6.20. The molecule has 2 aromatic heterocycles. The van der Waals surface area contributed by atoms with Crippen molar-refractivity contribution in [1.82, 2.24) is 10.1 Å². The molecular formula is C20H21N3O4S. The topological polar surface area (TPSA) is 94.3 Å². The summed E-state index contributed by atoms with van der Waals surface area (Å²) < 4.78 is 9.85. The van der Waals surface area contributed by atoms with Crippen LogP contribution in [0.15, 0.2) is 40.2 Å². The van der Waals surface area contributed by atoms with Crippen molar-refractivity contribution in [1.29, 1.82) is 0 Å². The van der Waals surface area contributed by atoms with E-state index in [0.29, 0.717) is 17.4 Å². The number of esters is 1. The van der Waals surface area contributed by atoms with Crippen molar-refractivity contribution < 1.29 is 18.8 Å². The molecule has 8 heteroatoms. The number of hydrogen-bond donors (Lipinski definition) is 1. The van der Waals surface area contributed by atoms with Crippen LogP contribution in [0.5, 0.6) is 0 Å². The van der Waals surface area contributed by atoms with Gasteiger partial charge in [0.1, 0.15) is 10.8 Å². The van der Waals surface area contributed by atoms with Crippen LogP contribution in [-0.2, 0) is 20.7 Å². The normalized spacial score (nSPS) is 10.9. The molecule has 1 amide bonds. The van der Waals surface area contributed by atoms with Gasteiger partial charge in [0, 0.05) is 17.0 Å². The fraction of sp³-hybridized carbons (Fsp3) is 0.300. The molecule has 3 aromatic rings. The summed E-state index contributed by atoms with van der Waals surface area (Å²) >= 11 is 1.47. The minimum atomic E-state index is -0.515. The number of nitrogens with one attached hydrogen (secondary N) is 1. The number of ether oxygens (including phenoxy) is 1. The molecule has 0 spiro atoms. The molecule has 0 aliphatic carbocycles. The Labute approximate surface area is 166 Å². The van der Waals surface area contributed by atoms with E-state index in [1.165, 1.54) is 16.9 Å². The maximum absolute atomic E-state index is 12.0. The number of amides is 1. The maximum Gasteiger partial charge on any atom is 0.312 e. The predicted molar refractivity (Wildman–Crippen MR) is 106 cm³/mol. The highest BCUT2D eigenvalue weighted by Crippen LogP contribution is 2.26. The molecule has 2 heterocycles. The first-order valence-corrected chi connectivity index (χ1v) is 9.72. The molecule has 0 bridgehead atoms. The van der Waals surface area contributed by atoms with Gasteiger partial charge in [-0.25, -0.2) is 4.98 Å². The third-order valence-electron chi connectivity index (χ3n) is 3.96. The largest absolute Gasteiger partial charge is 0.455 e. The zero-order valence-corrected chi connectivity index (χ0v) is 16.7. The summed E-state index contributed by atoms with van der Waals surface area (Å²) in [6.45, 7) is 5.62. The second-order valence-corrected chi connectivity index (χ2v) is 7.49. The molecule has 0 unspecified atom stereocenters. The first kappa shape index (κ1) is 19.8. The van der Waals surface area contributed by atoms with Crippen LogP contribution < -0.4 is 5.32 Å². The van der Waals surface area contributed by atoms with Gasteiger partial charge in [0.25, 0.3) is 5.91 Å². The van der Waals surface area contributed by atoms with Gasteiger partial charge in [0.15, 0.2) is 12.4 Å². The maximum atomic E-state index is 12.0. The number of thiazole rings is 1. The van der Waals surface area contributed by atoms with E-state index in [4.69, 9.17) is 9.26 Å². The van der Waals surface area contributed by atoms with Crippen LogP contribution in [0.3, 0.4) is 0 Å². The van der Waals surface area contributed by atoms with E-state index in [2.05, 4.69) is 41.4 Å². The first-order chi connectivity index (χ1) is 13.4. The van der Waals surface area contributed by atoms with E-state index >= 15 is 0 Å². The average Bonchev–Trinajstić information content (AvgIpc) is 3.29. The fourth-order valence-electron chi connectivity index (χ4n) is 2.48. The van der Waals surface area contributed by atoms with E-state index in [1.807, 2.05) is 17.5 Å². The summed E-state index contributed by atoms with van der Waals surface area (Å²) in [4.78, 5) is 28.2. The Balaban J connectivity index is 1.50. The molecule has 0 aliphatic heterocycles. The quantitative estimate of drug-likeness (QED) is 0.605. The van der Waals surface area contributed by atoms with Crippen LogP contribution in [0, 0.1) is 6.92 Å². The van der Waals surface area contributed by atoms with E-state index in [9.17, 15) is 9.59 Å². The molecule has 0 aliphatic rings. The van der Waals surface area contributed by atoms with E-state index < -0.39 is 18.5 Å². The highest BCUT2D eigenvalue weighted by molar-refractivity contribution is 7.13. The second kappa shape index (κ2) is 8.79. The van der Waals surface area contributed by atoms with Crippen molar-refractivity contribution in [3.63, 3.8) is 0 Å². The van der Waals surface area contributed by atoms with E-state index in [-0.39, 0.29) is 12.2 Å². The van der Waals surface area contributed by atoms with Gasteiger partial charge in [0.2, 0.25) is 0 Å². The fourth-order valence-corrected chi connectivity index (χ4v) is 3.31. The summed E-state index contributed by atoms with van der Waals surface area (Å²) in [5, 5.41) is 8.80. The summed E-state index contributed by atoms with van der Waals surface area (Å²) in [6, 6.07) is 9.82. The Hall–Kier alpha value is -3.00. The van der Waals surface area contributed by atoms with Crippen LogP contribution in [0.4, 0.5) is 5.82 Å². The first-order valence-electron chi connectivity index (χ1n) is 8.84. The molecular weight excluding hydrogens is 378 g/mol. The van der Waals surface area contributed by atoms with E-state index in [1.54, 1.807) is 13.0 Å². The monoisotopic (exact) mass is 399 g/mol. The number of aromatic nitrogens is 2. The average molecular weight is 399 g/mol. The minimum absolute atomic E-state index is 0.0108. The number of rotatable bonds is 7. The smallest absolute Gasteiger partial charge is 0.312 e. The van der Waals surface area contributed by atoms with Crippen LogP contribution in [-0.4, -0.2) is 28.6 Å². The van der Waals surface area contributed by atoms with Crippen LogP contribution >= 0.6 is 11.3 Å². The van der Waals surface area contributed by atoms with Crippen molar-refractivity contribution in [3.05, 3.63) is 52.7 Å². The number of carbonyl (C=O) groups excluding carboxylic acids is 2. The lowest BCUT2D eigenvalue weighted by molar-refractivity contribution is -0.146. The summed E-state index contributed by atoms with van der Waals surface area (Å²) in [5.41, 5.74) is 2.89. The van der Waals surface area contributed by atoms with Gasteiger partial charge in [-0.1, -0.05) is 43.3 Å². The van der Waals surface area contributed by atoms with Gasteiger partial charge in [-0.05, 0) is 18.4 Å². The standard InChI is InChI=1S/C20H21N3O4S/c1-12(2)14-4-6-15(7-5-14)20-21-16(11-28-20)9-19(25)26-10-18(24)22-17-8-13(3)27-23-17/h4-8,11-12H,9-10H2,1-3H3,(H,22,23,24). The molecule has 0 saturated carbocycles. The van der Waals surface area contributed by atoms with Gasteiger partial charge in [0.05, 0.1) is 12.1 Å². The van der Waals surface area contributed by atoms with E-state index in [0.717, 1.165) is 10.6 Å². The van der Waals surface area contributed by atoms with Gasteiger partial charge in [-0.2, -0.15) is 0 Å². The lowest BCUT2D eigenvalue weighted by Crippen LogP contribution is -2.21. The molecule has 0 fully saturated rings. The molecule has 1 N–H and O–H groups in total. The molecule has 0 atom stereocenters. The SMILES string of the molecule is Cc1cc(NC(=O)COC(=O)Cc2csc(-c3ccc(C(C)C)cc3)n2)no1. The zero-order valence-electron chi connectivity index (χ0n) is 15.9. The third kappa shape index (κ3) is 5.26. The Morgan fingerprint density at radius 3 is 2.64 bits per heavy atom. The van der Waals surface area contributed by atoms with Crippen molar-refractivity contribution >= 4 is 29.0 Å². The third-order valence-corrected chi connectivity index (χ3v) is 4.90. The van der Waals surface area contributed by atoms with Crippen molar-refractivity contribution in [2.24, 2.45) is 0 Å². The minimum Gasteiger partial charge on any atom is -0.455 e. The zero-order chi connectivity index (χ0) is 20.1. The second-order valence-electron chi connectivity index (χ2n) is 6.63.